The largest absolute Gasteiger partial charge is 0.481 e. The summed E-state index contributed by atoms with van der Waals surface area (Å²) in [6, 6.07) is 5.01. The van der Waals surface area contributed by atoms with Crippen LogP contribution in [0.5, 0.6) is 5.88 Å². The molecule has 0 radical (unpaired) electrons. The molecule has 0 unspecified atom stereocenters. The van der Waals surface area contributed by atoms with E-state index in [1.165, 1.54) is 6.07 Å². The molecule has 0 aliphatic carbocycles. The van der Waals surface area contributed by atoms with Crippen LogP contribution in [0, 0.1) is 6.92 Å². The predicted octanol–water partition coefficient (Wildman–Crippen LogP) is 2.94. The molecule has 2 aromatic heterocycles. The van der Waals surface area contributed by atoms with Crippen LogP contribution in [0.15, 0.2) is 22.4 Å². The molecule has 0 amide bonds. The zero-order valence-corrected chi connectivity index (χ0v) is 13.0. The van der Waals surface area contributed by atoms with Crippen molar-refractivity contribution in [3.8, 4) is 16.3 Å². The van der Waals surface area contributed by atoms with E-state index in [9.17, 15) is 8.42 Å². The standard InChI is InChI=1S/C13H15NO4S2/c1-4-9-7-10(8(2)14-13(9)18-3)11-5-6-12(19-11)20(15,16)17/h5-7H,4H2,1-3H3,(H,15,16,17). The first-order valence-electron chi connectivity index (χ1n) is 5.99. The molecule has 7 heteroatoms. The number of thiophene rings is 1. The molecule has 0 aliphatic heterocycles. The van der Waals surface area contributed by atoms with Gasteiger partial charge in [0.2, 0.25) is 5.88 Å². The van der Waals surface area contributed by atoms with Crippen LogP contribution in [-0.4, -0.2) is 25.1 Å². The number of nitrogens with zero attached hydrogens (tertiary/aromatic N) is 1. The lowest BCUT2D eigenvalue weighted by atomic mass is 10.1. The number of ether oxygens (including phenoxy) is 1. The molecule has 0 aliphatic rings. The van der Waals surface area contributed by atoms with E-state index in [0.29, 0.717) is 5.88 Å². The summed E-state index contributed by atoms with van der Waals surface area (Å²) in [4.78, 5) is 5.13. The molecular formula is C13H15NO4S2. The highest BCUT2D eigenvalue weighted by atomic mass is 32.3. The molecule has 0 saturated carbocycles. The third-order valence-electron chi connectivity index (χ3n) is 2.93. The van der Waals surface area contributed by atoms with Crippen molar-refractivity contribution in [1.82, 2.24) is 4.98 Å². The minimum atomic E-state index is -4.16. The SMILES string of the molecule is CCc1cc(-c2ccc(S(=O)(=O)O)s2)c(C)nc1OC. The Morgan fingerprint density at radius 1 is 1.40 bits per heavy atom. The first kappa shape index (κ1) is 15.0. The molecule has 0 fully saturated rings. The molecule has 0 bridgehead atoms. The molecule has 0 aromatic carbocycles. The first-order chi connectivity index (χ1) is 9.36. The normalized spacial score (nSPS) is 11.6. The van der Waals surface area contributed by atoms with Crippen LogP contribution >= 0.6 is 11.3 Å². The van der Waals surface area contributed by atoms with Gasteiger partial charge in [0.15, 0.2) is 0 Å². The maximum absolute atomic E-state index is 11.1. The van der Waals surface area contributed by atoms with Gasteiger partial charge in [-0.2, -0.15) is 8.42 Å². The summed E-state index contributed by atoms with van der Waals surface area (Å²) >= 11 is 1.02. The van der Waals surface area contributed by atoms with Gasteiger partial charge in [-0.1, -0.05) is 6.92 Å². The van der Waals surface area contributed by atoms with E-state index in [1.807, 2.05) is 19.9 Å². The average Bonchev–Trinajstić information content (AvgIpc) is 2.87. The number of rotatable bonds is 4. The highest BCUT2D eigenvalue weighted by molar-refractivity contribution is 7.88. The number of pyridine rings is 1. The van der Waals surface area contributed by atoms with Crippen molar-refractivity contribution < 1.29 is 17.7 Å². The molecule has 1 N–H and O–H groups in total. The van der Waals surface area contributed by atoms with Gasteiger partial charge in [-0.3, -0.25) is 4.55 Å². The summed E-state index contributed by atoms with van der Waals surface area (Å²) in [7, 11) is -2.59. The van der Waals surface area contributed by atoms with Gasteiger partial charge in [0, 0.05) is 21.7 Å². The summed E-state index contributed by atoms with van der Waals surface area (Å²) < 4.78 is 36.4. The lowest BCUT2D eigenvalue weighted by Gasteiger charge is -2.10. The monoisotopic (exact) mass is 313 g/mol. The fourth-order valence-corrected chi connectivity index (χ4v) is 3.64. The summed E-state index contributed by atoms with van der Waals surface area (Å²) in [6.45, 7) is 3.83. The van der Waals surface area contributed by atoms with Gasteiger partial charge in [-0.05, 0) is 31.5 Å². The Morgan fingerprint density at radius 2 is 2.10 bits per heavy atom. The number of methoxy groups -OCH3 is 1. The van der Waals surface area contributed by atoms with Gasteiger partial charge in [0.1, 0.15) is 4.21 Å². The smallest absolute Gasteiger partial charge is 0.304 e. The van der Waals surface area contributed by atoms with Gasteiger partial charge < -0.3 is 4.74 Å². The van der Waals surface area contributed by atoms with Crippen molar-refractivity contribution in [1.29, 1.82) is 0 Å². The maximum Gasteiger partial charge on any atom is 0.304 e. The molecule has 20 heavy (non-hydrogen) atoms. The van der Waals surface area contributed by atoms with Crippen molar-refractivity contribution >= 4 is 21.5 Å². The van der Waals surface area contributed by atoms with Crippen molar-refractivity contribution in [2.75, 3.05) is 7.11 Å². The summed E-state index contributed by atoms with van der Waals surface area (Å²) in [6.07, 6.45) is 0.764. The molecule has 0 spiro atoms. The van der Waals surface area contributed by atoms with Crippen molar-refractivity contribution in [3.05, 3.63) is 29.5 Å². The summed E-state index contributed by atoms with van der Waals surface area (Å²) in [5.74, 6) is 0.584. The average molecular weight is 313 g/mol. The minimum absolute atomic E-state index is 0.0687. The summed E-state index contributed by atoms with van der Waals surface area (Å²) in [5, 5.41) is 0. The Hall–Kier alpha value is -1.44. The second-order valence-corrected chi connectivity index (χ2v) is 6.97. The van der Waals surface area contributed by atoms with Gasteiger partial charge in [-0.25, -0.2) is 4.98 Å². The Kier molecular flexibility index (Phi) is 4.12. The van der Waals surface area contributed by atoms with Gasteiger partial charge in [0.25, 0.3) is 0 Å². The van der Waals surface area contributed by atoms with Crippen LogP contribution < -0.4 is 4.74 Å². The first-order valence-corrected chi connectivity index (χ1v) is 8.24. The molecule has 5 nitrogen and oxygen atoms in total. The van der Waals surface area contributed by atoms with E-state index in [4.69, 9.17) is 9.29 Å². The maximum atomic E-state index is 11.1. The number of hydrogen-bond acceptors (Lipinski definition) is 5. The van der Waals surface area contributed by atoms with Gasteiger partial charge in [0.05, 0.1) is 7.11 Å². The van der Waals surface area contributed by atoms with Crippen LogP contribution in [0.2, 0.25) is 0 Å². The highest BCUT2D eigenvalue weighted by Crippen LogP contribution is 2.34. The fourth-order valence-electron chi connectivity index (χ4n) is 1.91. The molecular weight excluding hydrogens is 298 g/mol. The number of aryl methyl sites for hydroxylation is 2. The van der Waals surface area contributed by atoms with E-state index in [1.54, 1.807) is 13.2 Å². The van der Waals surface area contributed by atoms with E-state index >= 15 is 0 Å². The molecule has 2 aromatic rings. The zero-order valence-electron chi connectivity index (χ0n) is 11.4. The van der Waals surface area contributed by atoms with Crippen LogP contribution in [0.4, 0.5) is 0 Å². The van der Waals surface area contributed by atoms with Crippen LogP contribution in [0.1, 0.15) is 18.2 Å². The second kappa shape index (κ2) is 5.51. The van der Waals surface area contributed by atoms with Crippen LogP contribution in [0.3, 0.4) is 0 Å². The molecule has 108 valence electrons. The lowest BCUT2D eigenvalue weighted by molar-refractivity contribution is 0.392. The Balaban J connectivity index is 2.55. The lowest BCUT2D eigenvalue weighted by Crippen LogP contribution is -1.97. The quantitative estimate of drug-likeness (QED) is 0.878. The topological polar surface area (TPSA) is 76.5 Å². The highest BCUT2D eigenvalue weighted by Gasteiger charge is 2.16. The predicted molar refractivity (Wildman–Crippen MR) is 78.0 cm³/mol. The Morgan fingerprint density at radius 3 is 2.60 bits per heavy atom. The van der Waals surface area contributed by atoms with Crippen LogP contribution in [0.25, 0.3) is 10.4 Å². The third kappa shape index (κ3) is 2.84. The number of hydrogen-bond donors (Lipinski definition) is 1. The molecule has 0 atom stereocenters. The van der Waals surface area contributed by atoms with Crippen LogP contribution in [-0.2, 0) is 16.5 Å². The Labute approximate surface area is 122 Å². The van der Waals surface area contributed by atoms with Gasteiger partial charge in [-0.15, -0.1) is 11.3 Å². The minimum Gasteiger partial charge on any atom is -0.481 e. The molecule has 2 rings (SSSR count). The van der Waals surface area contributed by atoms with E-state index in [0.717, 1.165) is 39.5 Å². The molecule has 0 saturated heterocycles. The fraction of sp³-hybridized carbons (Fsp3) is 0.308. The third-order valence-corrected chi connectivity index (χ3v) is 5.37. The number of aromatic nitrogens is 1. The second-order valence-electron chi connectivity index (χ2n) is 4.24. The Bertz CT molecular complexity index is 735. The van der Waals surface area contributed by atoms with Crippen molar-refractivity contribution in [2.45, 2.75) is 24.5 Å². The van der Waals surface area contributed by atoms with Crippen molar-refractivity contribution in [2.24, 2.45) is 0 Å². The van der Waals surface area contributed by atoms with E-state index < -0.39 is 10.1 Å². The van der Waals surface area contributed by atoms with Crippen molar-refractivity contribution in [3.63, 3.8) is 0 Å². The zero-order chi connectivity index (χ0) is 14.9. The van der Waals surface area contributed by atoms with Gasteiger partial charge >= 0.3 is 10.1 Å². The summed E-state index contributed by atoms with van der Waals surface area (Å²) in [5.41, 5.74) is 2.56. The molecule has 2 heterocycles. The van der Waals surface area contributed by atoms with E-state index in [2.05, 4.69) is 4.98 Å². The van der Waals surface area contributed by atoms with E-state index in [-0.39, 0.29) is 4.21 Å².